The lowest BCUT2D eigenvalue weighted by Gasteiger charge is -2.25. The number of allylic oxidation sites excluding steroid dienone is 2. The first kappa shape index (κ1) is 48.0. The molecule has 9 nitrogen and oxygen atoms in total. The van der Waals surface area contributed by atoms with E-state index in [2.05, 4.69) is 31.3 Å². The van der Waals surface area contributed by atoms with E-state index in [0.717, 1.165) is 64.2 Å². The van der Waals surface area contributed by atoms with Gasteiger partial charge in [0, 0.05) is 6.42 Å². The molecule has 10 heteroatoms. The van der Waals surface area contributed by atoms with Gasteiger partial charge in [-0.05, 0) is 44.9 Å². The number of carbonyl (C=O) groups is 1. The molecule has 0 aromatic carbocycles. The second-order valence-corrected chi connectivity index (χ2v) is 17.2. The molecule has 1 fully saturated rings. The van der Waals surface area contributed by atoms with Crippen LogP contribution in [0.2, 0.25) is 0 Å². The van der Waals surface area contributed by atoms with Gasteiger partial charge < -0.3 is 24.5 Å². The SMILES string of the molecule is CCCCCCCCCCCCC/C=C/[C@@H](O)[C@H](COP(=O)(O)OCC[N+](C)(C)C)NC(=O)CCCCCCC/C=C\CC1OC1CCCCC. The number of aliphatic hydroxyl groups is 1. The molecule has 1 heterocycles. The van der Waals surface area contributed by atoms with E-state index in [-0.39, 0.29) is 19.1 Å². The molecule has 0 saturated carbocycles. The molecule has 0 aliphatic carbocycles. The molecule has 1 saturated heterocycles. The molecule has 5 atom stereocenters. The first-order chi connectivity index (χ1) is 24.5. The van der Waals surface area contributed by atoms with E-state index in [1.807, 2.05) is 27.2 Å². The lowest BCUT2D eigenvalue weighted by Crippen LogP contribution is -2.45. The minimum absolute atomic E-state index is 0.0566. The molecule has 0 spiro atoms. The van der Waals surface area contributed by atoms with Crippen LogP contribution in [-0.2, 0) is 23.1 Å². The lowest BCUT2D eigenvalue weighted by atomic mass is 10.0. The molecule has 1 aliphatic rings. The third kappa shape index (κ3) is 30.0. The van der Waals surface area contributed by atoms with Crippen LogP contribution in [0.5, 0.6) is 0 Å². The average Bonchev–Trinajstić information content (AvgIpc) is 3.83. The Kier molecular flexibility index (Phi) is 28.5. The van der Waals surface area contributed by atoms with E-state index in [0.29, 0.717) is 29.7 Å². The number of rotatable bonds is 36. The Morgan fingerprint density at radius 1 is 0.765 bits per heavy atom. The lowest BCUT2D eigenvalue weighted by molar-refractivity contribution is -0.870. The van der Waals surface area contributed by atoms with Crippen LogP contribution in [0.1, 0.15) is 168 Å². The van der Waals surface area contributed by atoms with Gasteiger partial charge in [0.25, 0.3) is 0 Å². The monoisotopic (exact) mass is 744 g/mol. The summed E-state index contributed by atoms with van der Waals surface area (Å²) >= 11 is 0. The highest BCUT2D eigenvalue weighted by Crippen LogP contribution is 2.43. The van der Waals surface area contributed by atoms with Crippen LogP contribution in [0.3, 0.4) is 0 Å². The summed E-state index contributed by atoms with van der Waals surface area (Å²) in [5.74, 6) is -0.196. The molecule has 51 heavy (non-hydrogen) atoms. The van der Waals surface area contributed by atoms with E-state index in [9.17, 15) is 19.4 Å². The van der Waals surface area contributed by atoms with E-state index in [4.69, 9.17) is 13.8 Å². The van der Waals surface area contributed by atoms with Crippen LogP contribution >= 0.6 is 7.82 Å². The standard InChI is InChI=1S/C41H79N2O7P/c1-6-8-10-11-12-13-14-15-16-17-20-23-27-30-38(44)37(36-49-51(46,47)48-35-34-43(3,4)5)42-41(45)33-29-25-22-19-18-21-24-28-32-40-39(50-40)31-26-9-7-2/h24,27-28,30,37-40,44H,6-23,25-26,29,31-36H2,1-5H3,(H-,42,45,46,47)/p+1/b28-24-,30-27+/t37-,38+,39?,40?/m0/s1. The molecular formula is C41H80N2O7P+. The van der Waals surface area contributed by atoms with Crippen LogP contribution in [0.25, 0.3) is 0 Å². The van der Waals surface area contributed by atoms with Gasteiger partial charge in [-0.2, -0.15) is 0 Å². The first-order valence-corrected chi connectivity index (χ1v) is 22.3. The fourth-order valence-corrected chi connectivity index (χ4v) is 6.84. The van der Waals surface area contributed by atoms with Gasteiger partial charge in [-0.25, -0.2) is 4.57 Å². The van der Waals surface area contributed by atoms with Crippen molar-refractivity contribution in [2.24, 2.45) is 0 Å². The summed E-state index contributed by atoms with van der Waals surface area (Å²) in [4.78, 5) is 23.1. The summed E-state index contributed by atoms with van der Waals surface area (Å²) in [5, 5.41) is 13.8. The Morgan fingerprint density at radius 2 is 1.31 bits per heavy atom. The van der Waals surface area contributed by atoms with Crippen molar-refractivity contribution in [3.63, 3.8) is 0 Å². The number of hydrogen-bond acceptors (Lipinski definition) is 6. The molecule has 0 aromatic heterocycles. The van der Waals surface area contributed by atoms with Gasteiger partial charge in [0.05, 0.1) is 52.1 Å². The molecule has 1 aliphatic heterocycles. The van der Waals surface area contributed by atoms with Crippen molar-refractivity contribution in [3.8, 4) is 0 Å². The number of likely N-dealkylation sites (N-methyl/N-ethyl adjacent to an activating group) is 1. The van der Waals surface area contributed by atoms with Crippen LogP contribution < -0.4 is 5.32 Å². The highest BCUT2D eigenvalue weighted by atomic mass is 31.2. The predicted molar refractivity (Wildman–Crippen MR) is 212 cm³/mol. The van der Waals surface area contributed by atoms with Crippen molar-refractivity contribution in [3.05, 3.63) is 24.3 Å². The van der Waals surface area contributed by atoms with E-state index in [1.165, 1.54) is 83.5 Å². The Balaban J connectivity index is 2.35. The van der Waals surface area contributed by atoms with Gasteiger partial charge in [0.1, 0.15) is 13.2 Å². The number of amides is 1. The van der Waals surface area contributed by atoms with Crippen LogP contribution in [0, 0.1) is 0 Å². The second-order valence-electron chi connectivity index (χ2n) is 15.8. The third-order valence-corrected chi connectivity index (χ3v) is 10.6. The van der Waals surface area contributed by atoms with E-state index < -0.39 is 20.0 Å². The summed E-state index contributed by atoms with van der Waals surface area (Å²) in [6.07, 6.45) is 35.5. The molecule has 0 radical (unpaired) electrons. The average molecular weight is 744 g/mol. The summed E-state index contributed by atoms with van der Waals surface area (Å²) in [6.45, 7) is 4.75. The molecule has 3 N–H and O–H groups in total. The highest BCUT2D eigenvalue weighted by molar-refractivity contribution is 7.47. The van der Waals surface area contributed by atoms with Crippen LogP contribution in [-0.4, -0.2) is 85.6 Å². The second kappa shape index (κ2) is 30.3. The number of nitrogens with zero attached hydrogens (tertiary/aromatic N) is 1. The number of phosphoric acid groups is 1. The molecule has 1 rings (SSSR count). The minimum atomic E-state index is -4.34. The number of ether oxygens (including phenoxy) is 1. The molecule has 0 aromatic rings. The number of quaternary nitrogens is 1. The Hall–Kier alpha value is -1.06. The fraction of sp³-hybridized carbons (Fsp3) is 0.878. The Labute approximate surface area is 313 Å². The zero-order valence-electron chi connectivity index (χ0n) is 33.5. The van der Waals surface area contributed by atoms with Crippen LogP contribution in [0.15, 0.2) is 24.3 Å². The van der Waals surface area contributed by atoms with Gasteiger partial charge in [0.2, 0.25) is 5.91 Å². The van der Waals surface area contributed by atoms with E-state index >= 15 is 0 Å². The van der Waals surface area contributed by atoms with Crippen molar-refractivity contribution < 1.29 is 37.6 Å². The van der Waals surface area contributed by atoms with Gasteiger partial charge in [-0.1, -0.05) is 141 Å². The Bertz CT molecular complexity index is 955. The molecule has 1 amide bonds. The zero-order chi connectivity index (χ0) is 37.6. The zero-order valence-corrected chi connectivity index (χ0v) is 34.4. The minimum Gasteiger partial charge on any atom is -0.387 e. The predicted octanol–water partition coefficient (Wildman–Crippen LogP) is 9.95. The maximum absolute atomic E-state index is 12.8. The van der Waals surface area contributed by atoms with Crippen molar-refractivity contribution in [1.82, 2.24) is 5.32 Å². The topological polar surface area (TPSA) is 118 Å². The highest BCUT2D eigenvalue weighted by Gasteiger charge is 2.36. The fourth-order valence-electron chi connectivity index (χ4n) is 6.10. The quantitative estimate of drug-likeness (QED) is 0.0192. The van der Waals surface area contributed by atoms with Crippen molar-refractivity contribution in [2.75, 3.05) is 40.9 Å². The normalized spacial score (nSPS) is 18.7. The third-order valence-electron chi connectivity index (χ3n) is 9.59. The number of aliphatic hydroxyl groups excluding tert-OH is 1. The Morgan fingerprint density at radius 3 is 1.92 bits per heavy atom. The maximum Gasteiger partial charge on any atom is 0.472 e. The number of hydrogen-bond donors (Lipinski definition) is 3. The molecular weight excluding hydrogens is 663 g/mol. The number of phosphoric ester groups is 1. The largest absolute Gasteiger partial charge is 0.472 e. The number of nitrogens with one attached hydrogen (secondary N) is 1. The van der Waals surface area contributed by atoms with Gasteiger partial charge >= 0.3 is 7.82 Å². The summed E-state index contributed by atoms with van der Waals surface area (Å²) in [5.41, 5.74) is 0. The molecule has 0 bridgehead atoms. The van der Waals surface area contributed by atoms with Crippen LogP contribution in [0.4, 0.5) is 0 Å². The van der Waals surface area contributed by atoms with Gasteiger partial charge in [-0.3, -0.25) is 13.8 Å². The van der Waals surface area contributed by atoms with Crippen molar-refractivity contribution in [2.45, 2.75) is 192 Å². The summed E-state index contributed by atoms with van der Waals surface area (Å²) < 4.78 is 29.2. The summed E-state index contributed by atoms with van der Waals surface area (Å²) in [6, 6.07) is -0.854. The van der Waals surface area contributed by atoms with Gasteiger partial charge in [-0.15, -0.1) is 0 Å². The smallest absolute Gasteiger partial charge is 0.387 e. The molecule has 300 valence electrons. The number of unbranched alkanes of at least 4 members (excludes halogenated alkanes) is 18. The number of carbonyl (C=O) groups excluding carboxylic acids is 1. The summed E-state index contributed by atoms with van der Waals surface area (Å²) in [7, 11) is 1.55. The van der Waals surface area contributed by atoms with Gasteiger partial charge in [0.15, 0.2) is 0 Å². The first-order valence-electron chi connectivity index (χ1n) is 20.8. The van der Waals surface area contributed by atoms with E-state index in [1.54, 1.807) is 6.08 Å². The van der Waals surface area contributed by atoms with Crippen molar-refractivity contribution in [1.29, 1.82) is 0 Å². The molecule has 3 unspecified atom stereocenters. The van der Waals surface area contributed by atoms with Crippen molar-refractivity contribution >= 4 is 13.7 Å². The maximum atomic E-state index is 12.8. The number of epoxide rings is 1.